The van der Waals surface area contributed by atoms with Crippen LogP contribution in [0.25, 0.3) is 5.76 Å². The zero-order valence-corrected chi connectivity index (χ0v) is 20.4. The minimum atomic E-state index is -1.23. The van der Waals surface area contributed by atoms with Gasteiger partial charge in [-0.05, 0) is 53.4 Å². The second-order valence-electron chi connectivity index (χ2n) is 9.51. The molecule has 1 saturated heterocycles. The first kappa shape index (κ1) is 24.7. The van der Waals surface area contributed by atoms with E-state index in [1.54, 1.807) is 18.2 Å². The van der Waals surface area contributed by atoms with Crippen LogP contribution in [0.2, 0.25) is 0 Å². The molecule has 182 valence electrons. The Kier molecular flexibility index (Phi) is 6.38. The topological polar surface area (TPSA) is 90.6 Å². The van der Waals surface area contributed by atoms with Crippen molar-refractivity contribution in [3.05, 3.63) is 100 Å². The summed E-state index contributed by atoms with van der Waals surface area (Å²) in [4.78, 5) is 27.8. The number of hydrogen-bond donors (Lipinski definition) is 1. The Morgan fingerprint density at radius 1 is 1.06 bits per heavy atom. The predicted octanol–water partition coefficient (Wildman–Crippen LogP) is 5.63. The maximum atomic E-state index is 15.1. The normalized spacial score (nSPS) is 17.2. The molecule has 0 saturated carbocycles. The fourth-order valence-corrected chi connectivity index (χ4v) is 4.29. The molecular formula is C29H25FN2O4. The molecule has 7 heteroatoms. The Hall–Kier alpha value is -4.44. The Morgan fingerprint density at radius 2 is 1.72 bits per heavy atom. The third-order valence-electron chi connectivity index (χ3n) is 6.24. The second-order valence-corrected chi connectivity index (χ2v) is 9.51. The number of carbonyl (C=O) groups is 2. The maximum Gasteiger partial charge on any atom is 0.300 e. The van der Waals surface area contributed by atoms with E-state index in [-0.39, 0.29) is 22.1 Å². The maximum absolute atomic E-state index is 15.1. The number of amides is 1. The SMILES string of the molecule is COc1ccc(C(C)(C)C)cc1/C(O)=C1\C(=O)C(=O)N(c2ccc(C#N)cc2)C1c1ccccc1F. The van der Waals surface area contributed by atoms with Gasteiger partial charge >= 0.3 is 0 Å². The molecule has 6 nitrogen and oxygen atoms in total. The fraction of sp³-hybridized carbons (Fsp3) is 0.207. The van der Waals surface area contributed by atoms with Crippen LogP contribution in [0.15, 0.2) is 72.3 Å². The number of ether oxygens (including phenoxy) is 1. The van der Waals surface area contributed by atoms with Gasteiger partial charge in [-0.3, -0.25) is 14.5 Å². The molecule has 1 fully saturated rings. The molecule has 0 aliphatic carbocycles. The van der Waals surface area contributed by atoms with Gasteiger partial charge in [0.05, 0.1) is 35.9 Å². The summed E-state index contributed by atoms with van der Waals surface area (Å²) in [7, 11) is 1.44. The molecule has 0 bridgehead atoms. The Bertz CT molecular complexity index is 1430. The van der Waals surface area contributed by atoms with Crippen LogP contribution in [-0.2, 0) is 15.0 Å². The van der Waals surface area contributed by atoms with Gasteiger partial charge in [-0.1, -0.05) is 45.0 Å². The van der Waals surface area contributed by atoms with E-state index in [2.05, 4.69) is 0 Å². The van der Waals surface area contributed by atoms with Crippen LogP contribution in [0.5, 0.6) is 5.75 Å². The third kappa shape index (κ3) is 4.22. The van der Waals surface area contributed by atoms with Crippen LogP contribution in [-0.4, -0.2) is 23.9 Å². The summed E-state index contributed by atoms with van der Waals surface area (Å²) < 4.78 is 20.5. The monoisotopic (exact) mass is 484 g/mol. The van der Waals surface area contributed by atoms with Crippen molar-refractivity contribution in [2.75, 3.05) is 12.0 Å². The number of methoxy groups -OCH3 is 1. The van der Waals surface area contributed by atoms with Crippen molar-refractivity contribution < 1.29 is 23.8 Å². The van der Waals surface area contributed by atoms with Crippen LogP contribution in [0, 0.1) is 17.1 Å². The van der Waals surface area contributed by atoms with E-state index < -0.39 is 29.3 Å². The molecule has 0 radical (unpaired) electrons. The number of carbonyl (C=O) groups excluding carboxylic acids is 2. The number of aliphatic hydroxyl groups is 1. The molecule has 4 rings (SSSR count). The highest BCUT2D eigenvalue weighted by Gasteiger charge is 2.48. The molecule has 1 amide bonds. The predicted molar refractivity (Wildman–Crippen MR) is 134 cm³/mol. The van der Waals surface area contributed by atoms with Gasteiger partial charge in [0.25, 0.3) is 11.7 Å². The van der Waals surface area contributed by atoms with E-state index >= 15 is 4.39 Å². The molecule has 1 aliphatic rings. The van der Waals surface area contributed by atoms with Gasteiger partial charge in [-0.2, -0.15) is 5.26 Å². The Labute approximate surface area is 208 Å². The Morgan fingerprint density at radius 3 is 2.31 bits per heavy atom. The number of Topliss-reactive ketones (excluding diaryl/α,β-unsaturated/α-hetero) is 1. The number of anilines is 1. The first-order chi connectivity index (χ1) is 17.1. The van der Waals surface area contributed by atoms with Crippen LogP contribution in [0.4, 0.5) is 10.1 Å². The van der Waals surface area contributed by atoms with Crippen molar-refractivity contribution in [3.63, 3.8) is 0 Å². The third-order valence-corrected chi connectivity index (χ3v) is 6.24. The van der Waals surface area contributed by atoms with E-state index in [4.69, 9.17) is 10.00 Å². The van der Waals surface area contributed by atoms with Gasteiger partial charge in [0.15, 0.2) is 0 Å². The average Bonchev–Trinajstić information content (AvgIpc) is 3.13. The highest BCUT2D eigenvalue weighted by Crippen LogP contribution is 2.44. The minimum absolute atomic E-state index is 0.0496. The van der Waals surface area contributed by atoms with E-state index in [0.717, 1.165) is 10.5 Å². The second kappa shape index (κ2) is 9.31. The molecule has 1 heterocycles. The van der Waals surface area contributed by atoms with Crippen LogP contribution < -0.4 is 9.64 Å². The summed E-state index contributed by atoms with van der Waals surface area (Å²) in [6.07, 6.45) is 0. The summed E-state index contributed by atoms with van der Waals surface area (Å²) in [5, 5.41) is 20.7. The Balaban J connectivity index is 2.01. The van der Waals surface area contributed by atoms with Crippen molar-refractivity contribution in [3.8, 4) is 11.8 Å². The number of halogens is 1. The molecule has 1 unspecified atom stereocenters. The summed E-state index contributed by atoms with van der Waals surface area (Å²) >= 11 is 0. The van der Waals surface area contributed by atoms with E-state index in [1.165, 1.54) is 49.6 Å². The van der Waals surface area contributed by atoms with E-state index in [0.29, 0.717) is 17.0 Å². The van der Waals surface area contributed by atoms with E-state index in [1.807, 2.05) is 32.9 Å². The zero-order valence-electron chi connectivity index (χ0n) is 20.4. The van der Waals surface area contributed by atoms with Crippen LogP contribution >= 0.6 is 0 Å². The minimum Gasteiger partial charge on any atom is -0.507 e. The average molecular weight is 485 g/mol. The molecule has 1 N–H and O–H groups in total. The van der Waals surface area contributed by atoms with Crippen molar-refractivity contribution in [2.24, 2.45) is 0 Å². The number of nitrogens with zero attached hydrogens (tertiary/aromatic N) is 2. The molecule has 1 aliphatic heterocycles. The van der Waals surface area contributed by atoms with Crippen molar-refractivity contribution >= 4 is 23.1 Å². The van der Waals surface area contributed by atoms with E-state index in [9.17, 15) is 14.7 Å². The summed E-state index contributed by atoms with van der Waals surface area (Å²) in [5.74, 6) is -2.66. The smallest absolute Gasteiger partial charge is 0.300 e. The van der Waals surface area contributed by atoms with Crippen molar-refractivity contribution in [2.45, 2.75) is 32.2 Å². The lowest BCUT2D eigenvalue weighted by atomic mass is 9.85. The quantitative estimate of drug-likeness (QED) is 0.294. The van der Waals surface area contributed by atoms with Crippen LogP contribution in [0.3, 0.4) is 0 Å². The summed E-state index contributed by atoms with van der Waals surface area (Å²) in [6, 6.07) is 17.9. The van der Waals surface area contributed by atoms with Crippen molar-refractivity contribution in [1.82, 2.24) is 0 Å². The van der Waals surface area contributed by atoms with Crippen molar-refractivity contribution in [1.29, 1.82) is 5.26 Å². The molecule has 0 spiro atoms. The van der Waals surface area contributed by atoms with Crippen LogP contribution in [0.1, 0.15) is 49.1 Å². The molecule has 3 aromatic carbocycles. The van der Waals surface area contributed by atoms with Gasteiger partial charge < -0.3 is 9.84 Å². The molecule has 36 heavy (non-hydrogen) atoms. The summed E-state index contributed by atoms with van der Waals surface area (Å²) in [6.45, 7) is 6.01. The van der Waals surface area contributed by atoms with Gasteiger partial charge in [0.2, 0.25) is 0 Å². The lowest BCUT2D eigenvalue weighted by Gasteiger charge is -2.26. The lowest BCUT2D eigenvalue weighted by Crippen LogP contribution is -2.29. The lowest BCUT2D eigenvalue weighted by molar-refractivity contribution is -0.132. The van der Waals surface area contributed by atoms with Gasteiger partial charge in [0.1, 0.15) is 17.3 Å². The number of benzene rings is 3. The number of hydrogen-bond acceptors (Lipinski definition) is 5. The highest BCUT2D eigenvalue weighted by atomic mass is 19.1. The number of ketones is 1. The molecular weight excluding hydrogens is 459 g/mol. The standard InChI is InChI=1S/C29H25FN2O4/c1-29(2,3)18-11-14-23(36-4)21(15-18)26(33)24-25(20-7-5-6-8-22(20)30)32(28(35)27(24)34)19-12-9-17(16-31)10-13-19/h5-15,25,33H,1-4H3/b26-24+. The summed E-state index contributed by atoms with van der Waals surface area (Å²) in [5.41, 5.74) is 1.27. The molecule has 1 atom stereocenters. The van der Waals surface area contributed by atoms with Gasteiger partial charge in [0, 0.05) is 11.3 Å². The fourth-order valence-electron chi connectivity index (χ4n) is 4.29. The highest BCUT2D eigenvalue weighted by molar-refractivity contribution is 6.51. The number of rotatable bonds is 4. The number of nitriles is 1. The van der Waals surface area contributed by atoms with Gasteiger partial charge in [-0.15, -0.1) is 0 Å². The molecule has 3 aromatic rings. The van der Waals surface area contributed by atoms with Gasteiger partial charge in [-0.25, -0.2) is 4.39 Å². The first-order valence-electron chi connectivity index (χ1n) is 11.3. The number of aliphatic hydroxyl groups excluding tert-OH is 1. The first-order valence-corrected chi connectivity index (χ1v) is 11.3. The molecule has 0 aromatic heterocycles. The largest absolute Gasteiger partial charge is 0.507 e. The zero-order chi connectivity index (χ0) is 26.2.